The van der Waals surface area contributed by atoms with Gasteiger partial charge in [0.1, 0.15) is 18.1 Å². The van der Waals surface area contributed by atoms with Gasteiger partial charge >= 0.3 is 5.97 Å². The van der Waals surface area contributed by atoms with E-state index in [2.05, 4.69) is 15.5 Å². The fraction of sp³-hybridized carbons (Fsp3) is 0.333. The molecule has 134 valence electrons. The number of anilines is 1. The Kier molecular flexibility index (Phi) is 6.77. The molecule has 1 aromatic carbocycles. The number of rotatable bonds is 7. The zero-order valence-electron chi connectivity index (χ0n) is 13.6. The number of carbonyl (C=O) groups is 2. The van der Waals surface area contributed by atoms with Crippen molar-refractivity contribution in [2.24, 2.45) is 7.05 Å². The molecule has 0 fully saturated rings. The number of halogens is 2. The third kappa shape index (κ3) is 5.43. The summed E-state index contributed by atoms with van der Waals surface area (Å²) < 4.78 is 20.1. The predicted molar refractivity (Wildman–Crippen MR) is 92.1 cm³/mol. The molecule has 1 amide bonds. The number of esters is 1. The predicted octanol–water partition coefficient (Wildman–Crippen LogP) is 2.44. The number of aromatic nitrogens is 3. The Morgan fingerprint density at radius 2 is 2.16 bits per heavy atom. The van der Waals surface area contributed by atoms with Gasteiger partial charge in [0, 0.05) is 12.1 Å². The maximum atomic E-state index is 13.6. The van der Waals surface area contributed by atoms with Crippen molar-refractivity contribution in [2.75, 3.05) is 17.7 Å². The van der Waals surface area contributed by atoms with E-state index in [1.807, 2.05) is 0 Å². The molecule has 2 aromatic rings. The van der Waals surface area contributed by atoms with E-state index in [0.29, 0.717) is 17.6 Å². The van der Waals surface area contributed by atoms with Gasteiger partial charge in [-0.1, -0.05) is 23.4 Å². The summed E-state index contributed by atoms with van der Waals surface area (Å²) in [5, 5.41) is 11.0. The summed E-state index contributed by atoms with van der Waals surface area (Å²) in [5.74, 6) is -0.967. The highest BCUT2D eigenvalue weighted by Crippen LogP contribution is 2.20. The highest BCUT2D eigenvalue weighted by atomic mass is 35.5. The number of hydrogen-bond donors (Lipinski definition) is 1. The lowest BCUT2D eigenvalue weighted by molar-refractivity contribution is -0.142. The fourth-order valence-corrected chi connectivity index (χ4v) is 2.76. The summed E-state index contributed by atoms with van der Waals surface area (Å²) >= 11 is 6.78. The van der Waals surface area contributed by atoms with E-state index in [4.69, 9.17) is 16.3 Å². The maximum absolute atomic E-state index is 13.6. The summed E-state index contributed by atoms with van der Waals surface area (Å²) in [6.07, 6.45) is 0.0000817. The molecule has 0 aliphatic heterocycles. The second kappa shape index (κ2) is 8.82. The van der Waals surface area contributed by atoms with Crippen molar-refractivity contribution in [3.8, 4) is 0 Å². The average Bonchev–Trinajstić information content (AvgIpc) is 2.89. The minimum atomic E-state index is -0.610. The Morgan fingerprint density at radius 1 is 1.40 bits per heavy atom. The molecule has 25 heavy (non-hydrogen) atoms. The number of carbonyl (C=O) groups excluding carboxylic acids is 2. The van der Waals surface area contributed by atoms with Gasteiger partial charge in [-0.3, -0.25) is 9.59 Å². The summed E-state index contributed by atoms with van der Waals surface area (Å²) in [5.41, 5.74) is 0.0518. The third-order valence-electron chi connectivity index (χ3n) is 3.07. The first kappa shape index (κ1) is 19.2. The summed E-state index contributed by atoms with van der Waals surface area (Å²) in [6, 6.07) is 3.99. The van der Waals surface area contributed by atoms with Crippen LogP contribution in [0.4, 0.5) is 10.1 Å². The van der Waals surface area contributed by atoms with Crippen LogP contribution in [0.5, 0.6) is 0 Å². The van der Waals surface area contributed by atoms with E-state index in [1.165, 1.54) is 12.1 Å². The van der Waals surface area contributed by atoms with Crippen LogP contribution in [0.1, 0.15) is 12.7 Å². The molecule has 1 heterocycles. The van der Waals surface area contributed by atoms with Crippen molar-refractivity contribution in [1.82, 2.24) is 14.8 Å². The van der Waals surface area contributed by atoms with E-state index >= 15 is 0 Å². The molecule has 0 aliphatic carbocycles. The van der Waals surface area contributed by atoms with Crippen LogP contribution in [0.3, 0.4) is 0 Å². The summed E-state index contributed by atoms with van der Waals surface area (Å²) in [4.78, 5) is 23.4. The van der Waals surface area contributed by atoms with Gasteiger partial charge in [-0.2, -0.15) is 0 Å². The van der Waals surface area contributed by atoms with Crippen molar-refractivity contribution in [3.05, 3.63) is 34.9 Å². The quantitative estimate of drug-likeness (QED) is 0.581. The van der Waals surface area contributed by atoms with Crippen LogP contribution >= 0.6 is 23.4 Å². The second-order valence-corrected chi connectivity index (χ2v) is 6.28. The first-order valence-corrected chi connectivity index (χ1v) is 8.68. The van der Waals surface area contributed by atoms with Gasteiger partial charge in [0.2, 0.25) is 5.91 Å². The monoisotopic (exact) mass is 386 g/mol. The number of nitrogens with one attached hydrogen (secondary N) is 1. The van der Waals surface area contributed by atoms with E-state index in [-0.39, 0.29) is 22.9 Å². The fourth-order valence-electron chi connectivity index (χ4n) is 1.87. The van der Waals surface area contributed by atoms with Gasteiger partial charge in [0.15, 0.2) is 5.16 Å². The topological polar surface area (TPSA) is 86.1 Å². The van der Waals surface area contributed by atoms with Crippen molar-refractivity contribution >= 4 is 40.9 Å². The van der Waals surface area contributed by atoms with Crippen molar-refractivity contribution in [3.63, 3.8) is 0 Å². The summed E-state index contributed by atoms with van der Waals surface area (Å²) in [6.45, 7) is 2.01. The molecule has 0 spiro atoms. The number of hydrogen-bond acceptors (Lipinski definition) is 6. The van der Waals surface area contributed by atoms with Crippen LogP contribution in [0.2, 0.25) is 5.02 Å². The third-order valence-corrected chi connectivity index (χ3v) is 4.33. The molecule has 10 heteroatoms. The van der Waals surface area contributed by atoms with Gasteiger partial charge in [0.25, 0.3) is 0 Å². The summed E-state index contributed by atoms with van der Waals surface area (Å²) in [7, 11) is 1.69. The van der Waals surface area contributed by atoms with Gasteiger partial charge in [0.05, 0.1) is 18.0 Å². The van der Waals surface area contributed by atoms with Crippen molar-refractivity contribution in [2.45, 2.75) is 18.5 Å². The van der Waals surface area contributed by atoms with Gasteiger partial charge in [-0.25, -0.2) is 4.39 Å². The first-order chi connectivity index (χ1) is 11.9. The number of amides is 1. The molecule has 2 rings (SSSR count). The lowest BCUT2D eigenvalue weighted by Crippen LogP contribution is -2.15. The molecular formula is C15H16ClFN4O3S. The van der Waals surface area contributed by atoms with Crippen LogP contribution in [0, 0.1) is 5.82 Å². The van der Waals surface area contributed by atoms with Crippen LogP contribution in [-0.2, 0) is 27.8 Å². The molecule has 0 saturated heterocycles. The molecule has 0 radical (unpaired) electrons. The first-order valence-electron chi connectivity index (χ1n) is 7.32. The molecule has 0 aliphatic rings. The molecule has 0 bridgehead atoms. The second-order valence-electron chi connectivity index (χ2n) is 4.90. The minimum Gasteiger partial charge on any atom is -0.466 e. The highest BCUT2D eigenvalue weighted by Gasteiger charge is 2.15. The Labute approximate surface area is 152 Å². The molecule has 0 atom stereocenters. The van der Waals surface area contributed by atoms with Gasteiger partial charge in [-0.15, -0.1) is 10.2 Å². The number of benzene rings is 1. The SMILES string of the molecule is CCOC(=O)Cc1nnc(SCC(=O)Nc2ccc(Cl)cc2F)n1C. The normalized spacial score (nSPS) is 10.6. The standard InChI is InChI=1S/C15H16ClFN4O3S/c1-3-24-14(23)7-12-19-20-15(21(12)2)25-8-13(22)18-11-5-4-9(16)6-10(11)17/h4-6H,3,7-8H2,1-2H3,(H,18,22). The van der Waals surface area contributed by atoms with Crippen LogP contribution < -0.4 is 5.32 Å². The van der Waals surface area contributed by atoms with E-state index < -0.39 is 17.7 Å². The highest BCUT2D eigenvalue weighted by molar-refractivity contribution is 7.99. The Morgan fingerprint density at radius 3 is 2.84 bits per heavy atom. The Hall–Kier alpha value is -2.13. The lowest BCUT2D eigenvalue weighted by atomic mass is 10.3. The van der Waals surface area contributed by atoms with E-state index in [1.54, 1.807) is 18.5 Å². The van der Waals surface area contributed by atoms with Gasteiger partial charge in [-0.05, 0) is 25.1 Å². The molecule has 1 N–H and O–H groups in total. The van der Waals surface area contributed by atoms with Crippen LogP contribution in [0.15, 0.2) is 23.4 Å². The zero-order chi connectivity index (χ0) is 18.4. The van der Waals surface area contributed by atoms with Crippen molar-refractivity contribution in [1.29, 1.82) is 0 Å². The maximum Gasteiger partial charge on any atom is 0.313 e. The number of nitrogens with zero attached hydrogens (tertiary/aromatic N) is 3. The smallest absolute Gasteiger partial charge is 0.313 e. The molecular weight excluding hydrogens is 371 g/mol. The largest absolute Gasteiger partial charge is 0.466 e. The minimum absolute atomic E-state index is 0.0000817. The van der Waals surface area contributed by atoms with Crippen LogP contribution in [-0.4, -0.2) is 39.0 Å². The molecule has 0 saturated carbocycles. The number of ether oxygens (including phenoxy) is 1. The molecule has 7 nitrogen and oxygen atoms in total. The van der Waals surface area contributed by atoms with Crippen LogP contribution in [0.25, 0.3) is 0 Å². The molecule has 1 aromatic heterocycles. The zero-order valence-corrected chi connectivity index (χ0v) is 15.2. The van der Waals surface area contributed by atoms with E-state index in [9.17, 15) is 14.0 Å². The van der Waals surface area contributed by atoms with Crippen molar-refractivity contribution < 1.29 is 18.7 Å². The molecule has 0 unspecified atom stereocenters. The number of thioether (sulfide) groups is 1. The average molecular weight is 387 g/mol. The Balaban J connectivity index is 1.91. The lowest BCUT2D eigenvalue weighted by Gasteiger charge is -2.07. The Bertz CT molecular complexity index is 784. The van der Waals surface area contributed by atoms with Gasteiger partial charge < -0.3 is 14.6 Å². The van der Waals surface area contributed by atoms with E-state index in [0.717, 1.165) is 17.8 Å².